The first-order chi connectivity index (χ1) is 9.54. The zero-order valence-electron chi connectivity index (χ0n) is 12.3. The van der Waals surface area contributed by atoms with Crippen LogP contribution in [-0.2, 0) is 16.0 Å². The van der Waals surface area contributed by atoms with E-state index in [1.165, 1.54) is 0 Å². The van der Waals surface area contributed by atoms with Gasteiger partial charge >= 0.3 is 0 Å². The van der Waals surface area contributed by atoms with Crippen LogP contribution in [-0.4, -0.2) is 34.8 Å². The summed E-state index contributed by atoms with van der Waals surface area (Å²) in [5.74, 6) is 0.767. The van der Waals surface area contributed by atoms with Gasteiger partial charge in [-0.2, -0.15) is 0 Å². The van der Waals surface area contributed by atoms with Gasteiger partial charge in [-0.15, -0.1) is 0 Å². The Bertz CT molecular complexity index is 469. The molecule has 1 N–H and O–H groups in total. The molecule has 1 aliphatic rings. The normalized spacial score (nSPS) is 24.6. The lowest BCUT2D eigenvalue weighted by molar-refractivity contribution is -0.151. The van der Waals surface area contributed by atoms with Gasteiger partial charge in [0.1, 0.15) is 17.8 Å². The van der Waals surface area contributed by atoms with Crippen molar-refractivity contribution in [1.29, 1.82) is 0 Å². The fourth-order valence-electron chi connectivity index (χ4n) is 2.75. The topological polar surface area (TPSA) is 62.6 Å². The zero-order valence-corrected chi connectivity index (χ0v) is 12.3. The van der Waals surface area contributed by atoms with Crippen molar-refractivity contribution >= 4 is 11.8 Å². The maximum Gasteiger partial charge on any atom is 0.246 e. The summed E-state index contributed by atoms with van der Waals surface area (Å²) >= 11 is 0. The Morgan fingerprint density at radius 2 is 2.20 bits per heavy atom. The van der Waals surface area contributed by atoms with Crippen LogP contribution in [0.3, 0.4) is 0 Å². The molecule has 1 aromatic heterocycles. The van der Waals surface area contributed by atoms with Crippen LogP contribution in [0.15, 0.2) is 22.8 Å². The SMILES string of the molecule is CCCC1NC(=O)C(C)N(C(C)Cc2ccco2)C1=O. The summed E-state index contributed by atoms with van der Waals surface area (Å²) in [6.07, 6.45) is 3.79. The molecule has 0 bridgehead atoms. The average Bonchev–Trinajstić information content (AvgIpc) is 2.89. The molecule has 5 heteroatoms. The van der Waals surface area contributed by atoms with Gasteiger partial charge in [0.25, 0.3) is 0 Å². The van der Waals surface area contributed by atoms with E-state index in [4.69, 9.17) is 4.42 Å². The lowest BCUT2D eigenvalue weighted by Gasteiger charge is -2.40. The Balaban J connectivity index is 2.13. The van der Waals surface area contributed by atoms with Crippen LogP contribution >= 0.6 is 0 Å². The minimum Gasteiger partial charge on any atom is -0.469 e. The molecule has 110 valence electrons. The maximum atomic E-state index is 12.5. The van der Waals surface area contributed by atoms with Crippen LogP contribution in [0, 0.1) is 0 Å². The first-order valence-corrected chi connectivity index (χ1v) is 7.19. The molecule has 1 fully saturated rings. The number of hydrogen-bond acceptors (Lipinski definition) is 3. The van der Waals surface area contributed by atoms with E-state index in [1.807, 2.05) is 26.0 Å². The molecule has 0 radical (unpaired) electrons. The molecule has 2 amide bonds. The minimum atomic E-state index is -0.430. The van der Waals surface area contributed by atoms with Crippen LogP contribution in [0.25, 0.3) is 0 Å². The van der Waals surface area contributed by atoms with Crippen LogP contribution in [0.1, 0.15) is 39.4 Å². The molecular formula is C15H22N2O3. The number of furan rings is 1. The predicted octanol–water partition coefficient (Wildman–Crippen LogP) is 1.73. The highest BCUT2D eigenvalue weighted by atomic mass is 16.3. The van der Waals surface area contributed by atoms with Crippen molar-refractivity contribution in [3.8, 4) is 0 Å². The molecule has 20 heavy (non-hydrogen) atoms. The average molecular weight is 278 g/mol. The molecule has 2 rings (SSSR count). The lowest BCUT2D eigenvalue weighted by atomic mass is 10.0. The van der Waals surface area contributed by atoms with Crippen molar-refractivity contribution in [3.63, 3.8) is 0 Å². The van der Waals surface area contributed by atoms with Crippen molar-refractivity contribution in [1.82, 2.24) is 10.2 Å². The van der Waals surface area contributed by atoms with Crippen LogP contribution in [0.5, 0.6) is 0 Å². The highest BCUT2D eigenvalue weighted by Gasteiger charge is 2.39. The molecule has 0 aromatic carbocycles. The van der Waals surface area contributed by atoms with E-state index in [-0.39, 0.29) is 23.9 Å². The number of nitrogens with one attached hydrogen (secondary N) is 1. The first kappa shape index (κ1) is 14.6. The summed E-state index contributed by atoms with van der Waals surface area (Å²) in [5, 5.41) is 2.81. The molecule has 0 aliphatic carbocycles. The summed E-state index contributed by atoms with van der Waals surface area (Å²) in [6.45, 7) is 5.74. The molecule has 5 nitrogen and oxygen atoms in total. The van der Waals surface area contributed by atoms with Crippen molar-refractivity contribution in [2.75, 3.05) is 0 Å². The van der Waals surface area contributed by atoms with Crippen molar-refractivity contribution < 1.29 is 14.0 Å². The zero-order chi connectivity index (χ0) is 14.7. The smallest absolute Gasteiger partial charge is 0.246 e. The van der Waals surface area contributed by atoms with E-state index < -0.39 is 6.04 Å². The summed E-state index contributed by atoms with van der Waals surface area (Å²) in [5.41, 5.74) is 0. The number of amides is 2. The highest BCUT2D eigenvalue weighted by molar-refractivity contribution is 5.96. The number of nitrogens with zero attached hydrogens (tertiary/aromatic N) is 1. The Morgan fingerprint density at radius 1 is 1.45 bits per heavy atom. The van der Waals surface area contributed by atoms with E-state index in [9.17, 15) is 9.59 Å². The maximum absolute atomic E-state index is 12.5. The van der Waals surface area contributed by atoms with Crippen LogP contribution < -0.4 is 5.32 Å². The summed E-state index contributed by atoms with van der Waals surface area (Å²) in [7, 11) is 0. The number of rotatable bonds is 5. The van der Waals surface area contributed by atoms with E-state index in [0.717, 1.165) is 12.2 Å². The summed E-state index contributed by atoms with van der Waals surface area (Å²) < 4.78 is 5.33. The number of carbonyl (C=O) groups excluding carboxylic acids is 2. The largest absolute Gasteiger partial charge is 0.469 e. The minimum absolute atomic E-state index is 0.0120. The second-order valence-electron chi connectivity index (χ2n) is 5.40. The van der Waals surface area contributed by atoms with Gasteiger partial charge in [0.15, 0.2) is 0 Å². The Kier molecular flexibility index (Phi) is 4.47. The Labute approximate surface area is 119 Å². The molecule has 2 heterocycles. The van der Waals surface area contributed by atoms with Crippen LogP contribution in [0.2, 0.25) is 0 Å². The molecule has 1 saturated heterocycles. The molecule has 3 atom stereocenters. The molecule has 3 unspecified atom stereocenters. The van der Waals surface area contributed by atoms with Crippen molar-refractivity contribution in [2.24, 2.45) is 0 Å². The third-order valence-corrected chi connectivity index (χ3v) is 3.79. The van der Waals surface area contributed by atoms with Gasteiger partial charge in [-0.3, -0.25) is 9.59 Å². The van der Waals surface area contributed by atoms with E-state index >= 15 is 0 Å². The van der Waals surface area contributed by atoms with Crippen molar-refractivity contribution in [3.05, 3.63) is 24.2 Å². The summed E-state index contributed by atoms with van der Waals surface area (Å²) in [6, 6.07) is 2.84. The number of piperazine rings is 1. The molecular weight excluding hydrogens is 256 g/mol. The van der Waals surface area contributed by atoms with Gasteiger partial charge in [-0.05, 0) is 32.4 Å². The van der Waals surface area contributed by atoms with Gasteiger partial charge < -0.3 is 14.6 Å². The fraction of sp³-hybridized carbons (Fsp3) is 0.600. The van der Waals surface area contributed by atoms with Crippen LogP contribution in [0.4, 0.5) is 0 Å². The molecule has 0 spiro atoms. The fourth-order valence-corrected chi connectivity index (χ4v) is 2.75. The standard InChI is InChI=1S/C15H22N2O3/c1-4-6-13-15(19)17(11(3)14(18)16-13)10(2)9-12-7-5-8-20-12/h5,7-8,10-11,13H,4,6,9H2,1-3H3,(H,16,18). The quantitative estimate of drug-likeness (QED) is 0.892. The Morgan fingerprint density at radius 3 is 2.80 bits per heavy atom. The highest BCUT2D eigenvalue weighted by Crippen LogP contribution is 2.19. The lowest BCUT2D eigenvalue weighted by Crippen LogP contribution is -2.64. The summed E-state index contributed by atoms with van der Waals surface area (Å²) in [4.78, 5) is 26.2. The molecule has 0 saturated carbocycles. The number of carbonyl (C=O) groups is 2. The van der Waals surface area contributed by atoms with E-state index in [1.54, 1.807) is 18.1 Å². The van der Waals surface area contributed by atoms with E-state index in [0.29, 0.717) is 12.8 Å². The number of hydrogen-bond donors (Lipinski definition) is 1. The van der Waals surface area contributed by atoms with Crippen molar-refractivity contribution in [2.45, 2.75) is 58.2 Å². The second-order valence-corrected chi connectivity index (χ2v) is 5.40. The van der Waals surface area contributed by atoms with Gasteiger partial charge in [-0.1, -0.05) is 13.3 Å². The van der Waals surface area contributed by atoms with Gasteiger partial charge in [0, 0.05) is 12.5 Å². The van der Waals surface area contributed by atoms with Gasteiger partial charge in [0.05, 0.1) is 6.26 Å². The van der Waals surface area contributed by atoms with Gasteiger partial charge in [-0.25, -0.2) is 0 Å². The van der Waals surface area contributed by atoms with E-state index in [2.05, 4.69) is 5.32 Å². The first-order valence-electron chi connectivity index (χ1n) is 7.19. The van der Waals surface area contributed by atoms with Gasteiger partial charge in [0.2, 0.25) is 11.8 Å². The molecule has 1 aliphatic heterocycles. The third-order valence-electron chi connectivity index (χ3n) is 3.79. The molecule has 1 aromatic rings. The Hall–Kier alpha value is -1.78. The monoisotopic (exact) mass is 278 g/mol. The third kappa shape index (κ3) is 2.86. The second kappa shape index (κ2) is 6.11. The predicted molar refractivity (Wildman–Crippen MR) is 75.0 cm³/mol.